The van der Waals surface area contributed by atoms with Gasteiger partial charge in [-0.05, 0) is 31.1 Å². The maximum Gasteiger partial charge on any atom is 0.0537 e. The van der Waals surface area contributed by atoms with E-state index in [0.717, 1.165) is 13.0 Å². The molecule has 3 heteroatoms. The van der Waals surface area contributed by atoms with Crippen LogP contribution in [0.4, 0.5) is 0 Å². The van der Waals surface area contributed by atoms with Gasteiger partial charge in [0, 0.05) is 24.3 Å². The molecular weight excluding hydrogens is 210 g/mol. The minimum atomic E-state index is 0.167. The van der Waals surface area contributed by atoms with Crippen LogP contribution in [-0.2, 0) is 6.54 Å². The second-order valence-electron chi connectivity index (χ2n) is 5.44. The number of rotatable bonds is 5. The monoisotopic (exact) mass is 235 g/mol. The third-order valence-electron chi connectivity index (χ3n) is 4.43. The summed E-state index contributed by atoms with van der Waals surface area (Å²) < 4.78 is 2.02. The van der Waals surface area contributed by atoms with Crippen LogP contribution in [0.1, 0.15) is 64.0 Å². The average Bonchev–Trinajstić information content (AvgIpc) is 2.98. The highest BCUT2D eigenvalue weighted by Gasteiger charge is 2.38. The quantitative estimate of drug-likeness (QED) is 0.851. The maximum atomic E-state index is 6.50. The lowest BCUT2D eigenvalue weighted by atomic mass is 9.74. The number of aryl methyl sites for hydroxylation is 1. The lowest BCUT2D eigenvalue weighted by Gasteiger charge is -2.33. The molecule has 2 rings (SSSR count). The van der Waals surface area contributed by atoms with E-state index in [-0.39, 0.29) is 6.04 Å². The van der Waals surface area contributed by atoms with Crippen molar-refractivity contribution in [2.45, 2.75) is 65.0 Å². The van der Waals surface area contributed by atoms with Crippen LogP contribution >= 0.6 is 0 Å². The van der Waals surface area contributed by atoms with Gasteiger partial charge in [0.1, 0.15) is 0 Å². The molecule has 0 spiro atoms. The van der Waals surface area contributed by atoms with E-state index >= 15 is 0 Å². The number of aromatic nitrogens is 2. The molecule has 1 atom stereocenters. The van der Waals surface area contributed by atoms with Crippen LogP contribution in [0.5, 0.6) is 0 Å². The van der Waals surface area contributed by atoms with Gasteiger partial charge in [0.05, 0.1) is 6.20 Å². The zero-order chi connectivity index (χ0) is 12.3. The minimum absolute atomic E-state index is 0.167. The van der Waals surface area contributed by atoms with Crippen LogP contribution in [0.3, 0.4) is 0 Å². The largest absolute Gasteiger partial charge is 0.323 e. The summed E-state index contributed by atoms with van der Waals surface area (Å²) in [4.78, 5) is 0. The zero-order valence-corrected chi connectivity index (χ0v) is 11.2. The van der Waals surface area contributed by atoms with Gasteiger partial charge in [-0.25, -0.2) is 0 Å². The minimum Gasteiger partial charge on any atom is -0.323 e. The molecule has 0 aromatic carbocycles. The van der Waals surface area contributed by atoms with Gasteiger partial charge < -0.3 is 5.73 Å². The van der Waals surface area contributed by atoms with Crippen molar-refractivity contribution in [3.8, 4) is 0 Å². The summed E-state index contributed by atoms with van der Waals surface area (Å²) in [6.45, 7) is 5.44. The first-order chi connectivity index (χ1) is 8.22. The predicted molar refractivity (Wildman–Crippen MR) is 70.6 cm³/mol. The van der Waals surface area contributed by atoms with Gasteiger partial charge in [-0.3, -0.25) is 4.68 Å². The fourth-order valence-corrected chi connectivity index (χ4v) is 3.21. The SMILES string of the molecule is CCCn1cc(C(N)C2(CC)CCCC2)cn1. The normalized spacial score (nSPS) is 20.6. The number of nitrogens with zero attached hydrogens (tertiary/aromatic N) is 2. The zero-order valence-electron chi connectivity index (χ0n) is 11.2. The molecule has 1 heterocycles. The highest BCUT2D eigenvalue weighted by molar-refractivity contribution is 5.15. The number of nitrogens with two attached hydrogens (primary N) is 1. The molecule has 3 nitrogen and oxygen atoms in total. The van der Waals surface area contributed by atoms with Crippen LogP contribution < -0.4 is 5.73 Å². The molecule has 1 aliphatic carbocycles. The Hall–Kier alpha value is -0.830. The molecule has 0 aliphatic heterocycles. The van der Waals surface area contributed by atoms with E-state index in [9.17, 15) is 0 Å². The van der Waals surface area contributed by atoms with Gasteiger partial charge in [-0.2, -0.15) is 5.10 Å². The second-order valence-corrected chi connectivity index (χ2v) is 5.44. The van der Waals surface area contributed by atoms with Crippen molar-refractivity contribution >= 4 is 0 Å². The van der Waals surface area contributed by atoms with E-state index in [4.69, 9.17) is 5.73 Å². The Bertz CT molecular complexity index is 350. The third kappa shape index (κ3) is 2.39. The van der Waals surface area contributed by atoms with Crippen molar-refractivity contribution in [2.75, 3.05) is 0 Å². The fraction of sp³-hybridized carbons (Fsp3) is 0.786. The molecule has 1 aliphatic rings. The van der Waals surface area contributed by atoms with Crippen molar-refractivity contribution in [1.29, 1.82) is 0 Å². The third-order valence-corrected chi connectivity index (χ3v) is 4.43. The molecule has 1 fully saturated rings. The van der Waals surface area contributed by atoms with E-state index in [2.05, 4.69) is 25.1 Å². The van der Waals surface area contributed by atoms with Gasteiger partial charge in [0.2, 0.25) is 0 Å². The fourth-order valence-electron chi connectivity index (χ4n) is 3.21. The van der Waals surface area contributed by atoms with Gasteiger partial charge in [0.15, 0.2) is 0 Å². The Balaban J connectivity index is 2.14. The molecule has 0 saturated heterocycles. The van der Waals surface area contributed by atoms with Gasteiger partial charge in [0.25, 0.3) is 0 Å². The van der Waals surface area contributed by atoms with Crippen LogP contribution in [0.25, 0.3) is 0 Å². The number of hydrogen-bond donors (Lipinski definition) is 1. The molecule has 96 valence electrons. The van der Waals surface area contributed by atoms with E-state index in [1.807, 2.05) is 10.9 Å². The summed E-state index contributed by atoms with van der Waals surface area (Å²) in [5.41, 5.74) is 8.06. The second kappa shape index (κ2) is 5.21. The van der Waals surface area contributed by atoms with E-state index in [1.54, 1.807) is 0 Å². The van der Waals surface area contributed by atoms with Crippen molar-refractivity contribution in [3.63, 3.8) is 0 Å². The lowest BCUT2D eigenvalue weighted by Crippen LogP contribution is -2.31. The Kier molecular flexibility index (Phi) is 3.87. The lowest BCUT2D eigenvalue weighted by molar-refractivity contribution is 0.222. The van der Waals surface area contributed by atoms with E-state index < -0.39 is 0 Å². The predicted octanol–water partition coefficient (Wildman–Crippen LogP) is 3.26. The first-order valence-electron chi connectivity index (χ1n) is 7.00. The van der Waals surface area contributed by atoms with Crippen molar-refractivity contribution in [1.82, 2.24) is 9.78 Å². The molecule has 17 heavy (non-hydrogen) atoms. The van der Waals surface area contributed by atoms with Crippen molar-refractivity contribution < 1.29 is 0 Å². The Morgan fingerprint density at radius 1 is 1.41 bits per heavy atom. The molecular formula is C14H25N3. The van der Waals surface area contributed by atoms with Crippen LogP contribution in [-0.4, -0.2) is 9.78 Å². The van der Waals surface area contributed by atoms with E-state index in [1.165, 1.54) is 37.7 Å². The molecule has 1 saturated carbocycles. The molecule has 0 amide bonds. The average molecular weight is 235 g/mol. The highest BCUT2D eigenvalue weighted by Crippen LogP contribution is 2.48. The molecule has 1 aromatic rings. The summed E-state index contributed by atoms with van der Waals surface area (Å²) in [7, 11) is 0. The number of hydrogen-bond acceptors (Lipinski definition) is 2. The van der Waals surface area contributed by atoms with Crippen LogP contribution in [0, 0.1) is 5.41 Å². The summed E-state index contributed by atoms with van der Waals surface area (Å²) in [6.07, 6.45) is 11.7. The van der Waals surface area contributed by atoms with Gasteiger partial charge in [-0.1, -0.05) is 26.7 Å². The molecule has 1 unspecified atom stereocenters. The Morgan fingerprint density at radius 2 is 2.12 bits per heavy atom. The first kappa shape index (κ1) is 12.6. The van der Waals surface area contributed by atoms with E-state index in [0.29, 0.717) is 5.41 Å². The topological polar surface area (TPSA) is 43.8 Å². The van der Waals surface area contributed by atoms with Gasteiger partial charge in [-0.15, -0.1) is 0 Å². The molecule has 0 radical (unpaired) electrons. The molecule has 0 bridgehead atoms. The van der Waals surface area contributed by atoms with Gasteiger partial charge >= 0.3 is 0 Å². The highest BCUT2D eigenvalue weighted by atomic mass is 15.3. The van der Waals surface area contributed by atoms with Crippen LogP contribution in [0.2, 0.25) is 0 Å². The van der Waals surface area contributed by atoms with Crippen LogP contribution in [0.15, 0.2) is 12.4 Å². The summed E-state index contributed by atoms with van der Waals surface area (Å²) in [5, 5.41) is 4.40. The van der Waals surface area contributed by atoms with Crippen molar-refractivity contribution in [3.05, 3.63) is 18.0 Å². The summed E-state index contributed by atoms with van der Waals surface area (Å²) in [6, 6.07) is 0.167. The van der Waals surface area contributed by atoms with Crippen molar-refractivity contribution in [2.24, 2.45) is 11.1 Å². The first-order valence-corrected chi connectivity index (χ1v) is 7.00. The maximum absolute atomic E-state index is 6.50. The molecule has 2 N–H and O–H groups in total. The standard InChI is InChI=1S/C14H25N3/c1-3-9-17-11-12(10-16-17)13(15)14(4-2)7-5-6-8-14/h10-11,13H,3-9,15H2,1-2H3. The Labute approximate surface area is 104 Å². The Morgan fingerprint density at radius 3 is 2.71 bits per heavy atom. The summed E-state index contributed by atoms with van der Waals surface area (Å²) >= 11 is 0. The molecule has 1 aromatic heterocycles. The summed E-state index contributed by atoms with van der Waals surface area (Å²) in [5.74, 6) is 0. The smallest absolute Gasteiger partial charge is 0.0537 e.